The van der Waals surface area contributed by atoms with Gasteiger partial charge < -0.3 is 9.73 Å². The van der Waals surface area contributed by atoms with Crippen LogP contribution in [-0.2, 0) is 17.5 Å². The minimum absolute atomic E-state index is 0.0784. The lowest BCUT2D eigenvalue weighted by Gasteiger charge is -2.14. The van der Waals surface area contributed by atoms with Crippen LogP contribution >= 0.6 is 11.6 Å². The second-order valence-corrected chi connectivity index (χ2v) is 5.04. The molecule has 0 bridgehead atoms. The molecule has 0 fully saturated rings. The molecule has 2 heterocycles. The molecule has 0 aromatic carbocycles. The first-order valence-corrected chi connectivity index (χ1v) is 6.71. The molecule has 0 saturated carbocycles. The Kier molecular flexibility index (Phi) is 4.50. The number of halogens is 4. The molecule has 5 nitrogen and oxygen atoms in total. The van der Waals surface area contributed by atoms with Crippen molar-refractivity contribution >= 4 is 17.5 Å². The fourth-order valence-electron chi connectivity index (χ4n) is 1.90. The third-order valence-corrected chi connectivity index (χ3v) is 3.56. The van der Waals surface area contributed by atoms with E-state index in [0.29, 0.717) is 5.76 Å². The van der Waals surface area contributed by atoms with Crippen molar-refractivity contribution in [3.8, 4) is 0 Å². The molecule has 1 amide bonds. The van der Waals surface area contributed by atoms with E-state index in [1.165, 1.54) is 20.1 Å². The molecule has 0 spiro atoms. The van der Waals surface area contributed by atoms with Crippen molar-refractivity contribution in [1.29, 1.82) is 0 Å². The maximum atomic E-state index is 12.8. The average Bonchev–Trinajstić information content (AvgIpc) is 3.04. The van der Waals surface area contributed by atoms with Crippen LogP contribution in [0.25, 0.3) is 0 Å². The molecule has 120 valence electrons. The van der Waals surface area contributed by atoms with Crippen LogP contribution in [0.2, 0.25) is 5.02 Å². The fourth-order valence-corrected chi connectivity index (χ4v) is 2.13. The summed E-state index contributed by atoms with van der Waals surface area (Å²) < 4.78 is 44.3. The molecule has 0 unspecified atom stereocenters. The zero-order valence-electron chi connectivity index (χ0n) is 11.7. The van der Waals surface area contributed by atoms with Gasteiger partial charge in [-0.3, -0.25) is 9.48 Å². The lowest BCUT2D eigenvalue weighted by molar-refractivity contribution is -0.141. The van der Waals surface area contributed by atoms with E-state index in [2.05, 4.69) is 10.4 Å². The van der Waals surface area contributed by atoms with Gasteiger partial charge in [-0.2, -0.15) is 18.3 Å². The van der Waals surface area contributed by atoms with Gasteiger partial charge in [0, 0.05) is 0 Å². The lowest BCUT2D eigenvalue weighted by atomic mass is 10.3. The third-order valence-electron chi connectivity index (χ3n) is 3.11. The van der Waals surface area contributed by atoms with Gasteiger partial charge in [0.2, 0.25) is 5.91 Å². The highest BCUT2D eigenvalue weighted by Crippen LogP contribution is 2.36. The van der Waals surface area contributed by atoms with Crippen LogP contribution in [0.15, 0.2) is 22.8 Å². The van der Waals surface area contributed by atoms with Gasteiger partial charge in [-0.1, -0.05) is 11.6 Å². The van der Waals surface area contributed by atoms with E-state index >= 15 is 0 Å². The Morgan fingerprint density at radius 2 is 2.23 bits per heavy atom. The highest BCUT2D eigenvalue weighted by atomic mass is 35.5. The number of carbonyl (C=O) groups excluding carboxylic acids is 1. The molecule has 0 aliphatic carbocycles. The Morgan fingerprint density at radius 1 is 1.55 bits per heavy atom. The van der Waals surface area contributed by atoms with E-state index in [-0.39, 0.29) is 12.2 Å². The van der Waals surface area contributed by atoms with Crippen LogP contribution < -0.4 is 5.32 Å². The van der Waals surface area contributed by atoms with Crippen LogP contribution in [0.5, 0.6) is 0 Å². The van der Waals surface area contributed by atoms with Gasteiger partial charge in [0.05, 0.1) is 23.5 Å². The Hall–Kier alpha value is -1.96. The van der Waals surface area contributed by atoms with Gasteiger partial charge in [-0.05, 0) is 26.0 Å². The minimum atomic E-state index is -4.67. The molecule has 0 radical (unpaired) electrons. The van der Waals surface area contributed by atoms with E-state index in [4.69, 9.17) is 16.0 Å². The number of furan rings is 1. The van der Waals surface area contributed by atoms with Crippen LogP contribution in [0.1, 0.15) is 30.1 Å². The molecule has 22 heavy (non-hydrogen) atoms. The Bertz CT molecular complexity index is 665. The predicted octanol–water partition coefficient (Wildman–Crippen LogP) is 3.33. The Morgan fingerprint density at radius 3 is 2.73 bits per heavy atom. The van der Waals surface area contributed by atoms with Crippen molar-refractivity contribution in [2.75, 3.05) is 0 Å². The molecule has 0 saturated heterocycles. The quantitative estimate of drug-likeness (QED) is 0.932. The summed E-state index contributed by atoms with van der Waals surface area (Å²) in [6.07, 6.45) is -3.21. The van der Waals surface area contributed by atoms with E-state index in [0.717, 1.165) is 4.68 Å². The van der Waals surface area contributed by atoms with Crippen LogP contribution in [0.3, 0.4) is 0 Å². The second kappa shape index (κ2) is 6.04. The van der Waals surface area contributed by atoms with Crippen molar-refractivity contribution in [2.45, 2.75) is 32.6 Å². The highest BCUT2D eigenvalue weighted by molar-refractivity contribution is 6.32. The molecule has 1 N–H and O–H groups in total. The van der Waals surface area contributed by atoms with Crippen LogP contribution in [-0.4, -0.2) is 15.7 Å². The predicted molar refractivity (Wildman–Crippen MR) is 72.2 cm³/mol. The standard InChI is InChI=1S/C13H13ClF3N3O2/c1-7-10(14)11(13(15,16)17)19-20(7)8(2)12(21)18-6-9-4-3-5-22-9/h3-5,8H,6H2,1-2H3,(H,18,21)/t8-/m1/s1. The van der Waals surface area contributed by atoms with Crippen LogP contribution in [0, 0.1) is 6.92 Å². The average molecular weight is 336 g/mol. The second-order valence-electron chi connectivity index (χ2n) is 4.66. The van der Waals surface area contributed by atoms with E-state index < -0.39 is 28.8 Å². The van der Waals surface area contributed by atoms with Gasteiger partial charge in [0.1, 0.15) is 11.8 Å². The summed E-state index contributed by atoms with van der Waals surface area (Å²) in [6.45, 7) is 2.95. The maximum absolute atomic E-state index is 12.8. The monoisotopic (exact) mass is 335 g/mol. The summed E-state index contributed by atoms with van der Waals surface area (Å²) in [5.41, 5.74) is -1.12. The largest absolute Gasteiger partial charge is 0.467 e. The maximum Gasteiger partial charge on any atom is 0.436 e. The zero-order valence-corrected chi connectivity index (χ0v) is 12.5. The number of amides is 1. The summed E-state index contributed by atoms with van der Waals surface area (Å²) in [5.74, 6) is 0.0409. The highest BCUT2D eigenvalue weighted by Gasteiger charge is 2.39. The minimum Gasteiger partial charge on any atom is -0.467 e. The first kappa shape index (κ1) is 16.4. The number of nitrogens with zero attached hydrogens (tertiary/aromatic N) is 2. The Balaban J connectivity index is 2.15. The van der Waals surface area contributed by atoms with Gasteiger partial charge in [0.25, 0.3) is 0 Å². The number of hydrogen-bond donors (Lipinski definition) is 1. The van der Waals surface area contributed by atoms with Crippen molar-refractivity contribution in [3.63, 3.8) is 0 Å². The molecule has 9 heteroatoms. The molecule has 0 aliphatic rings. The summed E-state index contributed by atoms with van der Waals surface area (Å²) in [4.78, 5) is 12.0. The van der Waals surface area contributed by atoms with E-state index in [9.17, 15) is 18.0 Å². The van der Waals surface area contributed by atoms with Gasteiger partial charge in [-0.25, -0.2) is 0 Å². The molecular weight excluding hydrogens is 323 g/mol. The normalized spacial score (nSPS) is 13.2. The zero-order chi connectivity index (χ0) is 16.5. The summed E-state index contributed by atoms with van der Waals surface area (Å²) >= 11 is 5.66. The summed E-state index contributed by atoms with van der Waals surface area (Å²) in [5, 5.41) is 5.48. The molecule has 2 aromatic rings. The van der Waals surface area contributed by atoms with Gasteiger partial charge in [0.15, 0.2) is 5.69 Å². The molecule has 2 rings (SSSR count). The molecular formula is C13H13ClF3N3O2. The van der Waals surface area contributed by atoms with E-state index in [1.807, 2.05) is 0 Å². The summed E-state index contributed by atoms with van der Waals surface area (Å²) in [7, 11) is 0. The first-order chi connectivity index (χ1) is 10.2. The van der Waals surface area contributed by atoms with Crippen LogP contribution in [0.4, 0.5) is 13.2 Å². The van der Waals surface area contributed by atoms with Crippen molar-refractivity contribution in [1.82, 2.24) is 15.1 Å². The molecule has 1 atom stereocenters. The third kappa shape index (κ3) is 3.27. The van der Waals surface area contributed by atoms with Gasteiger partial charge in [-0.15, -0.1) is 0 Å². The first-order valence-electron chi connectivity index (χ1n) is 6.33. The van der Waals surface area contributed by atoms with Crippen molar-refractivity contribution in [2.24, 2.45) is 0 Å². The molecule has 0 aliphatic heterocycles. The lowest BCUT2D eigenvalue weighted by Crippen LogP contribution is -2.31. The van der Waals surface area contributed by atoms with E-state index in [1.54, 1.807) is 12.1 Å². The Labute approximate surface area is 129 Å². The van der Waals surface area contributed by atoms with Crippen molar-refractivity contribution < 1.29 is 22.4 Å². The number of alkyl halides is 3. The number of aromatic nitrogens is 2. The number of hydrogen-bond acceptors (Lipinski definition) is 3. The SMILES string of the molecule is Cc1c(Cl)c(C(F)(F)F)nn1[C@H](C)C(=O)NCc1ccco1. The summed E-state index contributed by atoms with van der Waals surface area (Å²) in [6, 6.07) is 2.39. The van der Waals surface area contributed by atoms with Gasteiger partial charge >= 0.3 is 6.18 Å². The topological polar surface area (TPSA) is 60.1 Å². The smallest absolute Gasteiger partial charge is 0.436 e. The van der Waals surface area contributed by atoms with Crippen molar-refractivity contribution in [3.05, 3.63) is 40.6 Å². The number of rotatable bonds is 4. The molecule has 2 aromatic heterocycles. The fraction of sp³-hybridized carbons (Fsp3) is 0.385. The number of nitrogens with one attached hydrogen (secondary N) is 1. The number of carbonyl (C=O) groups is 1.